The minimum absolute atomic E-state index is 0.0263. The van der Waals surface area contributed by atoms with Crippen molar-refractivity contribution in [1.29, 1.82) is 0 Å². The van der Waals surface area contributed by atoms with Crippen LogP contribution in [0.1, 0.15) is 93.4 Å². The summed E-state index contributed by atoms with van der Waals surface area (Å²) in [4.78, 5) is 24.0. The molecule has 40 heavy (non-hydrogen) atoms. The Balaban J connectivity index is 1.13. The van der Waals surface area contributed by atoms with E-state index in [1.54, 1.807) is 0 Å². The Kier molecular flexibility index (Phi) is 5.17. The van der Waals surface area contributed by atoms with Crippen molar-refractivity contribution < 1.29 is 38.0 Å². The summed E-state index contributed by atoms with van der Waals surface area (Å²) in [5, 5.41) is 0. The summed E-state index contributed by atoms with van der Waals surface area (Å²) >= 11 is 0. The van der Waals surface area contributed by atoms with Gasteiger partial charge in [-0.25, -0.2) is 0 Å². The summed E-state index contributed by atoms with van der Waals surface area (Å²) < 4.78 is 39.5. The first-order valence-corrected chi connectivity index (χ1v) is 15.8. The zero-order valence-corrected chi connectivity index (χ0v) is 25.1. The van der Waals surface area contributed by atoms with E-state index in [1.165, 1.54) is 13.8 Å². The number of esters is 2. The second-order valence-corrected chi connectivity index (χ2v) is 15.8. The minimum atomic E-state index is -0.707. The molecule has 0 radical (unpaired) electrons. The van der Waals surface area contributed by atoms with E-state index in [1.807, 2.05) is 0 Å². The van der Waals surface area contributed by atoms with Crippen molar-refractivity contribution in [3.05, 3.63) is 0 Å². The van der Waals surface area contributed by atoms with Crippen LogP contribution in [0, 0.1) is 46.3 Å². The van der Waals surface area contributed by atoms with Crippen LogP contribution in [0.3, 0.4) is 0 Å². The average molecular weight is 559 g/mol. The predicted molar refractivity (Wildman–Crippen MR) is 141 cm³/mol. The van der Waals surface area contributed by atoms with Crippen molar-refractivity contribution in [2.75, 3.05) is 0 Å². The second kappa shape index (κ2) is 7.83. The third-order valence-electron chi connectivity index (χ3n) is 13.8. The number of fused-ring (bicyclic) bond motifs is 7. The molecule has 8 fully saturated rings. The second-order valence-electron chi connectivity index (χ2n) is 15.8. The van der Waals surface area contributed by atoms with Crippen LogP contribution in [-0.4, -0.2) is 59.6 Å². The number of hydrogen-bond donors (Lipinski definition) is 0. The van der Waals surface area contributed by atoms with Gasteiger partial charge in [0.05, 0.1) is 17.8 Å². The van der Waals surface area contributed by atoms with Gasteiger partial charge >= 0.3 is 11.9 Å². The lowest BCUT2D eigenvalue weighted by Crippen LogP contribution is -2.61. The average Bonchev–Trinajstić information content (AvgIpc) is 3.52. The van der Waals surface area contributed by atoms with Gasteiger partial charge in [-0.2, -0.15) is 0 Å². The Morgan fingerprint density at radius 3 is 2.25 bits per heavy atom. The zero-order valence-electron chi connectivity index (χ0n) is 25.1. The van der Waals surface area contributed by atoms with Gasteiger partial charge in [0.25, 0.3) is 0 Å². The van der Waals surface area contributed by atoms with E-state index >= 15 is 0 Å². The van der Waals surface area contributed by atoms with Crippen molar-refractivity contribution in [2.45, 2.75) is 141 Å². The summed E-state index contributed by atoms with van der Waals surface area (Å²) in [5.41, 5.74) is -0.860. The third kappa shape index (κ3) is 2.98. The van der Waals surface area contributed by atoms with E-state index in [9.17, 15) is 9.59 Å². The fraction of sp³-hybridized carbons (Fsp3) is 0.938. The molecular formula is C32H46O8. The molecule has 0 N–H and O–H groups in total. The topological polar surface area (TPSA) is 89.5 Å². The summed E-state index contributed by atoms with van der Waals surface area (Å²) in [6, 6.07) is 0. The van der Waals surface area contributed by atoms with E-state index in [4.69, 9.17) is 28.4 Å². The van der Waals surface area contributed by atoms with Crippen LogP contribution in [0.25, 0.3) is 0 Å². The van der Waals surface area contributed by atoms with E-state index in [2.05, 4.69) is 34.6 Å². The first-order chi connectivity index (χ1) is 18.7. The lowest BCUT2D eigenvalue weighted by molar-refractivity contribution is -0.319. The van der Waals surface area contributed by atoms with Crippen molar-refractivity contribution >= 4 is 11.9 Å². The fourth-order valence-corrected chi connectivity index (χ4v) is 12.2. The Labute approximate surface area is 237 Å². The van der Waals surface area contributed by atoms with Gasteiger partial charge in [-0.1, -0.05) is 13.8 Å². The molecule has 4 saturated carbocycles. The maximum atomic E-state index is 12.1. The first kappa shape index (κ1) is 26.4. The molecule has 0 amide bonds. The molecule has 4 heterocycles. The van der Waals surface area contributed by atoms with E-state index in [0.717, 1.165) is 38.5 Å². The molecular weight excluding hydrogens is 512 g/mol. The molecule has 0 aromatic rings. The molecule has 4 aliphatic heterocycles. The Bertz CT molecular complexity index is 1150. The van der Waals surface area contributed by atoms with Crippen LogP contribution in [0.5, 0.6) is 0 Å². The molecule has 8 aliphatic rings. The molecule has 1 unspecified atom stereocenters. The molecule has 15 atom stereocenters. The summed E-state index contributed by atoms with van der Waals surface area (Å²) in [7, 11) is 0. The predicted octanol–water partition coefficient (Wildman–Crippen LogP) is 4.76. The lowest BCUT2D eigenvalue weighted by atomic mass is 9.44. The molecule has 4 saturated heterocycles. The number of ether oxygens (including phenoxy) is 6. The van der Waals surface area contributed by atoms with Crippen molar-refractivity contribution in [2.24, 2.45) is 46.3 Å². The van der Waals surface area contributed by atoms with E-state index in [0.29, 0.717) is 36.0 Å². The molecule has 8 heteroatoms. The van der Waals surface area contributed by atoms with Crippen LogP contribution in [0.15, 0.2) is 0 Å². The van der Waals surface area contributed by atoms with Gasteiger partial charge in [0, 0.05) is 31.6 Å². The molecule has 2 bridgehead atoms. The molecule has 0 aromatic heterocycles. The highest BCUT2D eigenvalue weighted by Crippen LogP contribution is 2.80. The maximum absolute atomic E-state index is 12.1. The van der Waals surface area contributed by atoms with Gasteiger partial charge in [-0.05, 0) is 94.3 Å². The van der Waals surface area contributed by atoms with Gasteiger partial charge in [-0.3, -0.25) is 9.59 Å². The van der Waals surface area contributed by atoms with Gasteiger partial charge < -0.3 is 28.4 Å². The quantitative estimate of drug-likeness (QED) is 0.448. The summed E-state index contributed by atoms with van der Waals surface area (Å²) in [5.74, 6) is 1.07. The van der Waals surface area contributed by atoms with Gasteiger partial charge in [0.2, 0.25) is 0 Å². The maximum Gasteiger partial charge on any atom is 0.303 e. The van der Waals surface area contributed by atoms with Crippen molar-refractivity contribution in [1.82, 2.24) is 0 Å². The van der Waals surface area contributed by atoms with Gasteiger partial charge in [0.1, 0.15) is 17.8 Å². The number of carbonyl (C=O) groups is 2. The normalized spacial score (nSPS) is 59.8. The highest BCUT2D eigenvalue weighted by atomic mass is 16.8. The smallest absolute Gasteiger partial charge is 0.303 e. The molecule has 0 aromatic carbocycles. The minimum Gasteiger partial charge on any atom is -0.459 e. The zero-order chi connectivity index (χ0) is 28.2. The Morgan fingerprint density at radius 2 is 1.57 bits per heavy atom. The third-order valence-corrected chi connectivity index (χ3v) is 13.8. The molecule has 2 spiro atoms. The highest BCUT2D eigenvalue weighted by Gasteiger charge is 2.87. The van der Waals surface area contributed by atoms with Crippen molar-refractivity contribution in [3.8, 4) is 0 Å². The lowest BCUT2D eigenvalue weighted by Gasteiger charge is -2.61. The highest BCUT2D eigenvalue weighted by molar-refractivity contribution is 5.67. The largest absolute Gasteiger partial charge is 0.459 e. The standard InChI is InChI=1S/C32H46O8/c1-15-12-32(40-28(15,4)5)30(7)26-22(38-32)11-20-19-9-8-18-10-21(35-16(2)33)23(36-17(3)34)13-29(18,6)25(19)24-14-31(20,26)27(37-24)39-30/h15,18-27H,8-14H2,1-7H3/t15-,18-,19-,20-,21-,22-,23+,24-,25+,26+,27?,29-,30+,31+,32-/m0/s1. The fourth-order valence-electron chi connectivity index (χ4n) is 12.2. The molecule has 8 nitrogen and oxygen atoms in total. The van der Waals surface area contributed by atoms with Crippen LogP contribution < -0.4 is 0 Å². The van der Waals surface area contributed by atoms with Crippen LogP contribution in [0.4, 0.5) is 0 Å². The van der Waals surface area contributed by atoms with E-state index in [-0.39, 0.29) is 58.9 Å². The Morgan fingerprint density at radius 1 is 0.850 bits per heavy atom. The van der Waals surface area contributed by atoms with Crippen LogP contribution >= 0.6 is 0 Å². The van der Waals surface area contributed by atoms with Gasteiger partial charge in [-0.15, -0.1) is 0 Å². The molecule has 8 rings (SSSR count). The van der Waals surface area contributed by atoms with Gasteiger partial charge in [0.15, 0.2) is 12.1 Å². The number of carbonyl (C=O) groups excluding carboxylic acids is 2. The monoisotopic (exact) mass is 558 g/mol. The Hall–Kier alpha value is -1.22. The van der Waals surface area contributed by atoms with Crippen molar-refractivity contribution in [3.63, 3.8) is 0 Å². The summed E-state index contributed by atoms with van der Waals surface area (Å²) in [6.45, 7) is 14.2. The molecule has 222 valence electrons. The SMILES string of the molecule is CC(=O)O[C@H]1C[C@@H]2CC[C@@H]3[C@H]([C@@H]4C[C@]56C(O4)O[C@]4(C)[C@H]5[C@H](C[C@@H]36)O[C@]43C[C@H](C)C(C)(C)O3)[C@@]2(C)C[C@H]1OC(C)=O. The first-order valence-electron chi connectivity index (χ1n) is 15.8. The summed E-state index contributed by atoms with van der Waals surface area (Å²) in [6.07, 6.45) is 5.80. The molecule has 4 aliphatic carbocycles. The van der Waals surface area contributed by atoms with Crippen LogP contribution in [0.2, 0.25) is 0 Å². The van der Waals surface area contributed by atoms with E-state index < -0.39 is 17.5 Å². The number of hydrogen-bond acceptors (Lipinski definition) is 8. The van der Waals surface area contributed by atoms with Crippen LogP contribution in [-0.2, 0) is 38.0 Å². The number of rotatable bonds is 2.